The zero-order chi connectivity index (χ0) is 20.9. The van der Waals surface area contributed by atoms with Crippen molar-refractivity contribution in [1.82, 2.24) is 9.47 Å². The van der Waals surface area contributed by atoms with Crippen LogP contribution in [0.25, 0.3) is 0 Å². The van der Waals surface area contributed by atoms with E-state index in [1.54, 1.807) is 12.1 Å². The molecular weight excluding hydrogens is 443 g/mol. The molecule has 1 saturated carbocycles. The van der Waals surface area contributed by atoms with Gasteiger partial charge in [0.1, 0.15) is 5.82 Å². The smallest absolute Gasteiger partial charge is 0.254 e. The number of amides is 1. The van der Waals surface area contributed by atoms with E-state index in [-0.39, 0.29) is 17.8 Å². The first kappa shape index (κ1) is 20.9. The molecule has 3 aromatic rings. The summed E-state index contributed by atoms with van der Waals surface area (Å²) in [7, 11) is 0. The minimum absolute atomic E-state index is 0.0710. The summed E-state index contributed by atoms with van der Waals surface area (Å²) in [5.41, 5.74) is 2.68. The second-order valence-corrected chi connectivity index (χ2v) is 8.91. The fourth-order valence-electron chi connectivity index (χ4n) is 4.30. The molecule has 0 unspecified atom stereocenters. The summed E-state index contributed by atoms with van der Waals surface area (Å²) in [5, 5.41) is 0. The minimum Gasteiger partial charge on any atom is -0.345 e. The Kier molecular flexibility index (Phi) is 6.68. The fraction of sp³-hybridized carbons (Fsp3) is 0.320. The molecule has 1 heterocycles. The number of rotatable bonds is 6. The first-order valence-electron chi connectivity index (χ1n) is 10.5. The third-order valence-corrected chi connectivity index (χ3v) is 6.34. The van der Waals surface area contributed by atoms with Crippen molar-refractivity contribution < 1.29 is 9.18 Å². The molecule has 156 valence electrons. The van der Waals surface area contributed by atoms with Gasteiger partial charge in [0.2, 0.25) is 0 Å². The molecule has 1 fully saturated rings. The van der Waals surface area contributed by atoms with Gasteiger partial charge in [0.15, 0.2) is 0 Å². The summed E-state index contributed by atoms with van der Waals surface area (Å²) >= 11 is 3.49. The average Bonchev–Trinajstić information content (AvgIpc) is 3.19. The van der Waals surface area contributed by atoms with Crippen molar-refractivity contribution in [3.63, 3.8) is 0 Å². The van der Waals surface area contributed by atoms with Crippen LogP contribution in [0, 0.1) is 5.82 Å². The number of hydrogen-bond acceptors (Lipinski definition) is 1. The van der Waals surface area contributed by atoms with E-state index in [2.05, 4.69) is 26.6 Å². The van der Waals surface area contributed by atoms with Gasteiger partial charge < -0.3 is 9.47 Å². The summed E-state index contributed by atoms with van der Waals surface area (Å²) in [6, 6.07) is 18.6. The lowest BCUT2D eigenvalue weighted by molar-refractivity contribution is 0.0608. The van der Waals surface area contributed by atoms with Crippen LogP contribution < -0.4 is 0 Å². The molecule has 4 rings (SSSR count). The largest absolute Gasteiger partial charge is 0.345 e. The molecule has 1 amide bonds. The van der Waals surface area contributed by atoms with Crippen LogP contribution in [0.4, 0.5) is 4.39 Å². The van der Waals surface area contributed by atoms with Gasteiger partial charge >= 0.3 is 0 Å². The predicted octanol–water partition coefficient (Wildman–Crippen LogP) is 6.41. The zero-order valence-electron chi connectivity index (χ0n) is 16.9. The van der Waals surface area contributed by atoms with Crippen LogP contribution in [0.3, 0.4) is 0 Å². The molecule has 30 heavy (non-hydrogen) atoms. The number of halogens is 2. The van der Waals surface area contributed by atoms with Gasteiger partial charge in [0.05, 0.1) is 6.54 Å². The highest BCUT2D eigenvalue weighted by Gasteiger charge is 2.27. The molecule has 0 atom stereocenters. The molecule has 0 bridgehead atoms. The van der Waals surface area contributed by atoms with E-state index in [9.17, 15) is 9.18 Å². The Morgan fingerprint density at radius 1 is 1.03 bits per heavy atom. The molecule has 1 aromatic heterocycles. The molecule has 0 spiro atoms. The lowest BCUT2D eigenvalue weighted by Gasteiger charge is -2.35. The Balaban J connectivity index is 1.59. The second kappa shape index (κ2) is 9.61. The average molecular weight is 469 g/mol. The van der Waals surface area contributed by atoms with E-state index < -0.39 is 0 Å². The van der Waals surface area contributed by atoms with Crippen LogP contribution in [0.2, 0.25) is 0 Å². The Bertz CT molecular complexity index is 1010. The predicted molar refractivity (Wildman–Crippen MR) is 121 cm³/mol. The quantitative estimate of drug-likeness (QED) is 0.410. The normalized spacial score (nSPS) is 14.6. The van der Waals surface area contributed by atoms with Gasteiger partial charge in [-0.2, -0.15) is 0 Å². The van der Waals surface area contributed by atoms with Crippen LogP contribution in [0.1, 0.15) is 53.7 Å². The van der Waals surface area contributed by atoms with E-state index in [4.69, 9.17) is 0 Å². The first-order valence-corrected chi connectivity index (χ1v) is 11.3. The van der Waals surface area contributed by atoms with Crippen LogP contribution in [0.15, 0.2) is 71.3 Å². The number of aromatic nitrogens is 1. The third kappa shape index (κ3) is 5.01. The van der Waals surface area contributed by atoms with Crippen molar-refractivity contribution >= 4 is 21.8 Å². The van der Waals surface area contributed by atoms with Crippen molar-refractivity contribution in [1.29, 1.82) is 0 Å². The highest BCUT2D eigenvalue weighted by Crippen LogP contribution is 2.27. The molecule has 2 aromatic carbocycles. The number of carbonyl (C=O) groups is 1. The summed E-state index contributed by atoms with van der Waals surface area (Å²) in [5.74, 6) is -0.156. The molecule has 0 aliphatic heterocycles. The van der Waals surface area contributed by atoms with Crippen molar-refractivity contribution in [2.24, 2.45) is 0 Å². The molecule has 1 aliphatic carbocycles. The second-order valence-electron chi connectivity index (χ2n) is 7.99. The van der Waals surface area contributed by atoms with Gasteiger partial charge in [-0.05, 0) is 60.9 Å². The van der Waals surface area contributed by atoms with Crippen LogP contribution in [0.5, 0.6) is 0 Å². The highest BCUT2D eigenvalue weighted by atomic mass is 79.9. The lowest BCUT2D eigenvalue weighted by atomic mass is 9.93. The summed E-state index contributed by atoms with van der Waals surface area (Å²) in [4.78, 5) is 15.5. The SMILES string of the molecule is O=C(c1cccc(Br)c1)N(Cc1cccn1Cc1cccc(F)c1)C1CCCCC1. The maximum atomic E-state index is 13.6. The Morgan fingerprint density at radius 3 is 2.60 bits per heavy atom. The number of benzene rings is 2. The Labute approximate surface area is 185 Å². The lowest BCUT2D eigenvalue weighted by Crippen LogP contribution is -2.41. The summed E-state index contributed by atoms with van der Waals surface area (Å²) in [6.45, 7) is 1.14. The molecule has 1 aliphatic rings. The number of nitrogens with zero attached hydrogens (tertiary/aromatic N) is 2. The Hall–Kier alpha value is -2.40. The van der Waals surface area contributed by atoms with Crippen LogP contribution in [-0.4, -0.2) is 21.4 Å². The molecule has 3 nitrogen and oxygen atoms in total. The van der Waals surface area contributed by atoms with Gasteiger partial charge in [-0.25, -0.2) is 4.39 Å². The van der Waals surface area contributed by atoms with E-state index in [1.165, 1.54) is 12.5 Å². The van der Waals surface area contributed by atoms with Gasteiger partial charge in [-0.15, -0.1) is 0 Å². The molecule has 0 radical (unpaired) electrons. The fourth-order valence-corrected chi connectivity index (χ4v) is 4.70. The van der Waals surface area contributed by atoms with Gasteiger partial charge in [-0.3, -0.25) is 4.79 Å². The standard InChI is InChI=1S/C25H26BrFN2O/c26-21-9-5-8-20(16-21)25(30)29(23-11-2-1-3-12-23)18-24-13-6-14-28(24)17-19-7-4-10-22(27)15-19/h4-10,13-16,23H,1-3,11-12,17-18H2. The minimum atomic E-state index is -0.227. The van der Waals surface area contributed by atoms with Crippen LogP contribution >= 0.6 is 15.9 Å². The maximum absolute atomic E-state index is 13.6. The Morgan fingerprint density at radius 2 is 1.83 bits per heavy atom. The van der Waals surface area contributed by atoms with Gasteiger partial charge in [-0.1, -0.05) is 53.4 Å². The van der Waals surface area contributed by atoms with E-state index in [0.717, 1.165) is 41.4 Å². The van der Waals surface area contributed by atoms with Gasteiger partial charge in [0.25, 0.3) is 5.91 Å². The van der Waals surface area contributed by atoms with E-state index in [1.807, 2.05) is 47.5 Å². The molecular formula is C25H26BrFN2O. The van der Waals surface area contributed by atoms with Crippen molar-refractivity contribution in [2.75, 3.05) is 0 Å². The topological polar surface area (TPSA) is 25.2 Å². The number of hydrogen-bond donors (Lipinski definition) is 0. The maximum Gasteiger partial charge on any atom is 0.254 e. The van der Waals surface area contributed by atoms with Crippen molar-refractivity contribution in [3.05, 3.63) is 94.0 Å². The monoisotopic (exact) mass is 468 g/mol. The highest BCUT2D eigenvalue weighted by molar-refractivity contribution is 9.10. The molecule has 0 N–H and O–H groups in total. The van der Waals surface area contributed by atoms with E-state index in [0.29, 0.717) is 18.7 Å². The summed E-state index contributed by atoms with van der Waals surface area (Å²) in [6.07, 6.45) is 7.66. The van der Waals surface area contributed by atoms with E-state index >= 15 is 0 Å². The van der Waals surface area contributed by atoms with Crippen molar-refractivity contribution in [3.8, 4) is 0 Å². The number of carbonyl (C=O) groups excluding carboxylic acids is 1. The third-order valence-electron chi connectivity index (χ3n) is 5.85. The summed E-state index contributed by atoms with van der Waals surface area (Å²) < 4.78 is 16.6. The zero-order valence-corrected chi connectivity index (χ0v) is 18.5. The molecule has 5 heteroatoms. The van der Waals surface area contributed by atoms with Crippen molar-refractivity contribution in [2.45, 2.75) is 51.2 Å². The first-order chi connectivity index (χ1) is 14.6. The van der Waals surface area contributed by atoms with Gasteiger partial charge in [0, 0.05) is 34.5 Å². The van der Waals surface area contributed by atoms with Crippen LogP contribution in [-0.2, 0) is 13.1 Å². The molecule has 0 saturated heterocycles.